The molecular formula is C17H19N3O2. The maximum absolute atomic E-state index is 11.9. The van der Waals surface area contributed by atoms with Crippen LogP contribution in [0.4, 0.5) is 0 Å². The molecule has 1 heterocycles. The van der Waals surface area contributed by atoms with Gasteiger partial charge in [-0.15, -0.1) is 0 Å². The molecule has 1 aromatic carbocycles. The molecule has 1 aliphatic rings. The molecule has 114 valence electrons. The van der Waals surface area contributed by atoms with Gasteiger partial charge in [-0.1, -0.05) is 24.0 Å². The van der Waals surface area contributed by atoms with Crippen molar-refractivity contribution in [3.05, 3.63) is 35.4 Å². The summed E-state index contributed by atoms with van der Waals surface area (Å²) in [4.78, 5) is 21.5. The quantitative estimate of drug-likeness (QED) is 0.505. The highest BCUT2D eigenvalue weighted by molar-refractivity contribution is 6.01. The molecule has 0 bridgehead atoms. The van der Waals surface area contributed by atoms with Crippen molar-refractivity contribution in [3.8, 4) is 11.8 Å². The van der Waals surface area contributed by atoms with E-state index in [0.29, 0.717) is 30.9 Å². The van der Waals surface area contributed by atoms with E-state index in [1.807, 2.05) is 31.2 Å². The molecule has 1 aliphatic heterocycles. The predicted molar refractivity (Wildman–Crippen MR) is 87.2 cm³/mol. The number of carbonyl (C=O) groups excluding carboxylic acids is 1. The minimum Gasteiger partial charge on any atom is -0.369 e. The van der Waals surface area contributed by atoms with Crippen molar-refractivity contribution in [1.82, 2.24) is 4.90 Å². The fourth-order valence-electron chi connectivity index (χ4n) is 2.26. The second-order valence-corrected chi connectivity index (χ2v) is 5.12. The first-order valence-corrected chi connectivity index (χ1v) is 7.13. The van der Waals surface area contributed by atoms with Crippen molar-refractivity contribution < 1.29 is 9.90 Å². The maximum atomic E-state index is 11.9. The van der Waals surface area contributed by atoms with Crippen LogP contribution in [-0.2, 0) is 4.79 Å². The first-order valence-electron chi connectivity index (χ1n) is 7.13. The Balaban J connectivity index is 2.29. The molecule has 1 atom stereocenters. The normalized spacial score (nSPS) is 21.5. The van der Waals surface area contributed by atoms with E-state index in [-0.39, 0.29) is 5.91 Å². The molecular weight excluding hydrogens is 278 g/mol. The van der Waals surface area contributed by atoms with Gasteiger partial charge in [0.25, 0.3) is 5.91 Å². The Labute approximate surface area is 130 Å². The number of hydrogen-bond donors (Lipinski definition) is 1. The summed E-state index contributed by atoms with van der Waals surface area (Å²) >= 11 is 0. The van der Waals surface area contributed by atoms with E-state index < -0.39 is 5.60 Å². The van der Waals surface area contributed by atoms with Crippen molar-refractivity contribution in [2.24, 2.45) is 9.98 Å². The minimum absolute atomic E-state index is 0.325. The zero-order chi connectivity index (χ0) is 16.2. The van der Waals surface area contributed by atoms with E-state index in [9.17, 15) is 9.90 Å². The fraction of sp³-hybridized carbons (Fsp3) is 0.353. The summed E-state index contributed by atoms with van der Waals surface area (Å²) < 4.78 is 0. The van der Waals surface area contributed by atoms with Gasteiger partial charge in [0.2, 0.25) is 5.60 Å². The zero-order valence-corrected chi connectivity index (χ0v) is 12.8. The average Bonchev–Trinajstić information content (AvgIpc) is 2.79. The van der Waals surface area contributed by atoms with Gasteiger partial charge in [-0.2, -0.15) is 0 Å². The molecule has 1 N–H and O–H groups in total. The lowest BCUT2D eigenvalue weighted by molar-refractivity contribution is -0.137. The number of aliphatic hydroxyl groups is 1. The highest BCUT2D eigenvalue weighted by Gasteiger charge is 2.42. The number of amides is 1. The lowest BCUT2D eigenvalue weighted by Gasteiger charge is -2.13. The average molecular weight is 297 g/mol. The number of rotatable bonds is 2. The Kier molecular flexibility index (Phi) is 4.74. The van der Waals surface area contributed by atoms with Crippen LogP contribution < -0.4 is 0 Å². The largest absolute Gasteiger partial charge is 0.369 e. The number of aliphatic imine (C=N–C) groups is 2. The summed E-state index contributed by atoms with van der Waals surface area (Å²) in [7, 11) is 1.66. The van der Waals surface area contributed by atoms with Gasteiger partial charge in [-0.05, 0) is 25.8 Å². The molecule has 1 saturated heterocycles. The number of nitrogens with zero attached hydrogens (tertiary/aromatic N) is 3. The van der Waals surface area contributed by atoms with Gasteiger partial charge in [0.05, 0.1) is 0 Å². The van der Waals surface area contributed by atoms with Crippen LogP contribution in [-0.4, -0.2) is 54.2 Å². The Bertz CT molecular complexity index is 685. The van der Waals surface area contributed by atoms with Crippen molar-refractivity contribution in [3.63, 3.8) is 0 Å². The zero-order valence-electron chi connectivity index (χ0n) is 12.8. The van der Waals surface area contributed by atoms with Gasteiger partial charge in [-0.3, -0.25) is 9.79 Å². The molecule has 0 aliphatic carbocycles. The topological polar surface area (TPSA) is 65.3 Å². The SMILES string of the molecule is C=NC(=NCC)c1cccc(C#C[C@]2(O)CCN(C)C2=O)c1. The summed E-state index contributed by atoms with van der Waals surface area (Å²) in [6, 6.07) is 7.35. The number of likely N-dealkylation sites (tertiary alicyclic amines) is 1. The first-order chi connectivity index (χ1) is 10.5. The number of benzene rings is 1. The summed E-state index contributed by atoms with van der Waals surface area (Å²) in [6.07, 6.45) is 0.325. The van der Waals surface area contributed by atoms with Gasteiger partial charge in [0.1, 0.15) is 0 Å². The van der Waals surface area contributed by atoms with E-state index in [1.165, 1.54) is 4.90 Å². The highest BCUT2D eigenvalue weighted by atomic mass is 16.3. The molecule has 2 rings (SSSR count). The molecule has 1 aromatic rings. The van der Waals surface area contributed by atoms with Crippen LogP contribution in [0.5, 0.6) is 0 Å². The van der Waals surface area contributed by atoms with Crippen LogP contribution in [0.2, 0.25) is 0 Å². The maximum Gasteiger partial charge on any atom is 0.267 e. The molecule has 1 fully saturated rings. The lowest BCUT2D eigenvalue weighted by Crippen LogP contribution is -2.37. The third kappa shape index (κ3) is 3.23. The van der Waals surface area contributed by atoms with Crippen LogP contribution in [0.1, 0.15) is 24.5 Å². The monoisotopic (exact) mass is 297 g/mol. The summed E-state index contributed by atoms with van der Waals surface area (Å²) in [5, 5.41) is 10.3. The lowest BCUT2D eigenvalue weighted by atomic mass is 10.0. The van der Waals surface area contributed by atoms with Crippen LogP contribution in [0.25, 0.3) is 0 Å². The summed E-state index contributed by atoms with van der Waals surface area (Å²) in [5.74, 6) is 5.78. The van der Waals surface area contributed by atoms with E-state index in [0.717, 1.165) is 5.56 Å². The molecule has 0 radical (unpaired) electrons. The van der Waals surface area contributed by atoms with E-state index >= 15 is 0 Å². The molecule has 0 spiro atoms. The van der Waals surface area contributed by atoms with Crippen molar-refractivity contribution in [2.45, 2.75) is 18.9 Å². The number of carbonyl (C=O) groups is 1. The third-order valence-electron chi connectivity index (χ3n) is 3.50. The third-order valence-corrected chi connectivity index (χ3v) is 3.50. The van der Waals surface area contributed by atoms with Gasteiger partial charge in [0, 0.05) is 37.7 Å². The van der Waals surface area contributed by atoms with Crippen molar-refractivity contribution in [2.75, 3.05) is 20.1 Å². The Morgan fingerprint density at radius 1 is 1.55 bits per heavy atom. The standard InChI is InChI=1S/C17H19N3O2/c1-4-19-15(18-2)14-7-5-6-13(12-14)8-9-17(22)10-11-20(3)16(17)21/h5-7,12,22H,2,4,10-11H2,1,3H3/t17-/m0/s1. The molecule has 0 unspecified atom stereocenters. The van der Waals surface area contributed by atoms with Gasteiger partial charge in [-0.25, -0.2) is 4.99 Å². The number of likely N-dealkylation sites (N-methyl/N-ethyl adjacent to an activating group) is 1. The van der Waals surface area contributed by atoms with Crippen molar-refractivity contribution >= 4 is 18.5 Å². The van der Waals surface area contributed by atoms with E-state index in [4.69, 9.17) is 0 Å². The number of hydrogen-bond acceptors (Lipinski definition) is 3. The highest BCUT2D eigenvalue weighted by Crippen LogP contribution is 2.20. The van der Waals surface area contributed by atoms with Crippen molar-refractivity contribution in [1.29, 1.82) is 0 Å². The van der Waals surface area contributed by atoms with Gasteiger partial charge < -0.3 is 10.0 Å². The summed E-state index contributed by atoms with van der Waals surface area (Å²) in [6.45, 7) is 6.57. The predicted octanol–water partition coefficient (Wildman–Crippen LogP) is 1.10. The molecule has 5 heteroatoms. The van der Waals surface area contributed by atoms with E-state index in [2.05, 4.69) is 28.5 Å². The van der Waals surface area contributed by atoms with Crippen LogP contribution in [0.3, 0.4) is 0 Å². The van der Waals surface area contributed by atoms with Gasteiger partial charge in [0.15, 0.2) is 5.84 Å². The van der Waals surface area contributed by atoms with Crippen LogP contribution in [0.15, 0.2) is 34.3 Å². The second kappa shape index (κ2) is 6.54. The molecule has 1 amide bonds. The number of amidine groups is 1. The van der Waals surface area contributed by atoms with Gasteiger partial charge >= 0.3 is 0 Å². The molecule has 0 saturated carbocycles. The molecule has 0 aromatic heterocycles. The fourth-order valence-corrected chi connectivity index (χ4v) is 2.26. The molecule has 22 heavy (non-hydrogen) atoms. The minimum atomic E-state index is -1.58. The second-order valence-electron chi connectivity index (χ2n) is 5.12. The van der Waals surface area contributed by atoms with Crippen LogP contribution >= 0.6 is 0 Å². The smallest absolute Gasteiger partial charge is 0.267 e. The molecule has 5 nitrogen and oxygen atoms in total. The Morgan fingerprint density at radius 3 is 2.91 bits per heavy atom. The Morgan fingerprint density at radius 2 is 2.32 bits per heavy atom. The first kappa shape index (κ1) is 15.9. The van der Waals surface area contributed by atoms with E-state index in [1.54, 1.807) is 7.05 Å². The summed E-state index contributed by atoms with van der Waals surface area (Å²) in [5.41, 5.74) is -0.0758. The Hall–Kier alpha value is -2.45. The van der Waals surface area contributed by atoms with Crippen LogP contribution in [0, 0.1) is 11.8 Å².